The first-order valence-corrected chi connectivity index (χ1v) is 10.5. The van der Waals surface area contributed by atoms with Gasteiger partial charge in [-0.05, 0) is 31.7 Å². The summed E-state index contributed by atoms with van der Waals surface area (Å²) in [5.74, 6) is -0.666. The average Bonchev–Trinajstić information content (AvgIpc) is 2.48. The van der Waals surface area contributed by atoms with Gasteiger partial charge in [-0.1, -0.05) is 36.8 Å². The molecule has 1 heterocycles. The quantitative estimate of drug-likeness (QED) is 0.814. The first kappa shape index (κ1) is 18.9. The number of rotatable bonds is 7. The van der Waals surface area contributed by atoms with Gasteiger partial charge in [-0.25, -0.2) is 8.42 Å². The zero-order valence-corrected chi connectivity index (χ0v) is 15.4. The normalized spacial score (nSPS) is 16.9. The molecule has 1 aromatic carbocycles. The van der Waals surface area contributed by atoms with Crippen LogP contribution in [0.4, 0.5) is 0 Å². The van der Waals surface area contributed by atoms with Gasteiger partial charge in [0, 0.05) is 25.7 Å². The number of piperidine rings is 1. The Labute approximate surface area is 145 Å². The second kappa shape index (κ2) is 8.62. The van der Waals surface area contributed by atoms with E-state index in [4.69, 9.17) is 0 Å². The maximum Gasteiger partial charge on any atom is 0.235 e. The molecule has 1 aromatic rings. The van der Waals surface area contributed by atoms with Crippen LogP contribution in [-0.4, -0.2) is 49.9 Å². The third-order valence-corrected chi connectivity index (χ3v) is 6.04. The van der Waals surface area contributed by atoms with Gasteiger partial charge in [0.1, 0.15) is 5.75 Å². The first-order chi connectivity index (χ1) is 11.4. The molecule has 0 radical (unpaired) electrons. The number of carbonyl (C=O) groups excluding carboxylic acids is 1. The van der Waals surface area contributed by atoms with E-state index < -0.39 is 9.84 Å². The second-order valence-corrected chi connectivity index (χ2v) is 8.88. The summed E-state index contributed by atoms with van der Waals surface area (Å²) in [5.41, 5.74) is 2.58. The summed E-state index contributed by atoms with van der Waals surface area (Å²) in [6, 6.07) is 8.60. The number of amides is 1. The molecule has 5 nitrogen and oxygen atoms in total. The number of nitrogens with one attached hydrogen (secondary N) is 1. The van der Waals surface area contributed by atoms with E-state index in [-0.39, 0.29) is 23.5 Å². The van der Waals surface area contributed by atoms with Crippen LogP contribution in [0.5, 0.6) is 0 Å². The summed E-state index contributed by atoms with van der Waals surface area (Å²) in [6.45, 7) is 6.66. The minimum Gasteiger partial charge on any atom is -0.352 e. The van der Waals surface area contributed by atoms with Crippen molar-refractivity contribution < 1.29 is 13.2 Å². The van der Waals surface area contributed by atoms with Crippen LogP contribution in [0.3, 0.4) is 0 Å². The maximum absolute atomic E-state index is 11.9. The van der Waals surface area contributed by atoms with Crippen molar-refractivity contribution in [2.24, 2.45) is 0 Å². The number of sulfone groups is 1. The number of carbonyl (C=O) groups is 1. The summed E-state index contributed by atoms with van der Waals surface area (Å²) in [6.07, 6.45) is 2.28. The highest BCUT2D eigenvalue weighted by Crippen LogP contribution is 2.14. The van der Waals surface area contributed by atoms with Crippen LogP contribution in [0, 0.1) is 6.92 Å². The van der Waals surface area contributed by atoms with E-state index >= 15 is 0 Å². The fraction of sp³-hybridized carbons (Fsp3) is 0.611. The molecule has 0 saturated carbocycles. The molecule has 2 rings (SSSR count). The lowest BCUT2D eigenvalue weighted by atomic mass is 10.0. The Morgan fingerprint density at radius 1 is 1.29 bits per heavy atom. The molecule has 0 atom stereocenters. The molecule has 24 heavy (non-hydrogen) atoms. The molecule has 0 unspecified atom stereocenters. The zero-order chi connectivity index (χ0) is 17.6. The minimum absolute atomic E-state index is 0.0787. The molecule has 0 aromatic heterocycles. The van der Waals surface area contributed by atoms with Crippen LogP contribution in [0.15, 0.2) is 24.3 Å². The van der Waals surface area contributed by atoms with Crippen molar-refractivity contribution in [1.82, 2.24) is 10.2 Å². The van der Waals surface area contributed by atoms with Crippen LogP contribution in [0.2, 0.25) is 0 Å². The highest BCUT2D eigenvalue weighted by atomic mass is 32.2. The number of likely N-dealkylation sites (tertiary alicyclic amines) is 1. The third-order valence-electron chi connectivity index (χ3n) is 4.31. The lowest BCUT2D eigenvalue weighted by Gasteiger charge is -2.32. The molecule has 1 aliphatic heterocycles. The SMILES string of the molecule is CCCS(=O)(=O)CC(=O)NC1CCN(Cc2cccc(C)c2)CC1. The number of aryl methyl sites for hydroxylation is 1. The molecule has 0 spiro atoms. The van der Waals surface area contributed by atoms with Gasteiger partial charge in [-0.15, -0.1) is 0 Å². The molecular weight excluding hydrogens is 324 g/mol. The summed E-state index contributed by atoms with van der Waals surface area (Å²) in [7, 11) is -3.26. The largest absolute Gasteiger partial charge is 0.352 e. The van der Waals surface area contributed by atoms with Crippen molar-refractivity contribution in [2.45, 2.75) is 45.7 Å². The van der Waals surface area contributed by atoms with Crippen molar-refractivity contribution in [1.29, 1.82) is 0 Å². The Bertz CT molecular complexity index is 650. The predicted octanol–water partition coefficient (Wildman–Crippen LogP) is 1.90. The van der Waals surface area contributed by atoms with E-state index in [1.165, 1.54) is 11.1 Å². The van der Waals surface area contributed by atoms with E-state index in [9.17, 15) is 13.2 Å². The van der Waals surface area contributed by atoms with Crippen molar-refractivity contribution in [3.05, 3.63) is 35.4 Å². The van der Waals surface area contributed by atoms with Gasteiger partial charge in [0.15, 0.2) is 9.84 Å². The first-order valence-electron chi connectivity index (χ1n) is 8.65. The van der Waals surface area contributed by atoms with Crippen molar-refractivity contribution in [3.8, 4) is 0 Å². The standard InChI is InChI=1S/C18H28N2O3S/c1-3-11-24(22,23)14-18(21)19-17-7-9-20(10-8-17)13-16-6-4-5-15(2)12-16/h4-6,12,17H,3,7-11,13-14H2,1-2H3,(H,19,21). The number of hydrogen-bond donors (Lipinski definition) is 1. The second-order valence-electron chi connectivity index (χ2n) is 6.70. The minimum atomic E-state index is -3.26. The molecule has 1 fully saturated rings. The molecule has 1 saturated heterocycles. The number of benzene rings is 1. The van der Waals surface area contributed by atoms with Gasteiger partial charge in [0.25, 0.3) is 0 Å². The van der Waals surface area contributed by atoms with Crippen LogP contribution < -0.4 is 5.32 Å². The highest BCUT2D eigenvalue weighted by molar-refractivity contribution is 7.92. The highest BCUT2D eigenvalue weighted by Gasteiger charge is 2.23. The van der Waals surface area contributed by atoms with Gasteiger partial charge in [-0.2, -0.15) is 0 Å². The predicted molar refractivity (Wildman–Crippen MR) is 96.6 cm³/mol. The van der Waals surface area contributed by atoms with Gasteiger partial charge >= 0.3 is 0 Å². The number of nitrogens with zero attached hydrogens (tertiary/aromatic N) is 1. The zero-order valence-electron chi connectivity index (χ0n) is 14.6. The average molecular weight is 353 g/mol. The van der Waals surface area contributed by atoms with Crippen molar-refractivity contribution in [3.63, 3.8) is 0 Å². The Balaban J connectivity index is 1.75. The Morgan fingerprint density at radius 2 is 2.00 bits per heavy atom. The lowest BCUT2D eigenvalue weighted by molar-refractivity contribution is -0.119. The van der Waals surface area contributed by atoms with E-state index in [1.54, 1.807) is 6.92 Å². The Morgan fingerprint density at radius 3 is 2.62 bits per heavy atom. The summed E-state index contributed by atoms with van der Waals surface area (Å²) < 4.78 is 23.4. The van der Waals surface area contributed by atoms with Gasteiger partial charge in [0.2, 0.25) is 5.91 Å². The fourth-order valence-corrected chi connectivity index (χ4v) is 4.41. The molecular formula is C18H28N2O3S. The fourth-order valence-electron chi connectivity index (χ4n) is 3.16. The maximum atomic E-state index is 11.9. The van der Waals surface area contributed by atoms with Gasteiger partial charge in [-0.3, -0.25) is 9.69 Å². The van der Waals surface area contributed by atoms with Gasteiger partial charge in [0.05, 0.1) is 5.75 Å². The topological polar surface area (TPSA) is 66.5 Å². The lowest BCUT2D eigenvalue weighted by Crippen LogP contribution is -2.46. The smallest absolute Gasteiger partial charge is 0.235 e. The molecule has 1 aliphatic rings. The molecule has 1 N–H and O–H groups in total. The molecule has 0 bridgehead atoms. The van der Waals surface area contributed by atoms with E-state index in [2.05, 4.69) is 41.4 Å². The summed E-state index contributed by atoms with van der Waals surface area (Å²) in [4.78, 5) is 14.3. The third kappa shape index (κ3) is 6.24. The monoisotopic (exact) mass is 352 g/mol. The Hall–Kier alpha value is -1.40. The van der Waals surface area contributed by atoms with E-state index in [0.717, 1.165) is 32.5 Å². The molecule has 0 aliphatic carbocycles. The van der Waals surface area contributed by atoms with Crippen LogP contribution in [-0.2, 0) is 21.2 Å². The molecule has 134 valence electrons. The Kier molecular flexibility index (Phi) is 6.80. The van der Waals surface area contributed by atoms with Gasteiger partial charge < -0.3 is 5.32 Å². The van der Waals surface area contributed by atoms with E-state index in [1.807, 2.05) is 0 Å². The van der Waals surface area contributed by atoms with Crippen LogP contribution >= 0.6 is 0 Å². The van der Waals surface area contributed by atoms with Crippen molar-refractivity contribution >= 4 is 15.7 Å². The number of hydrogen-bond acceptors (Lipinski definition) is 4. The molecule has 6 heteroatoms. The summed E-state index contributed by atoms with van der Waals surface area (Å²) >= 11 is 0. The van der Waals surface area contributed by atoms with Crippen LogP contribution in [0.25, 0.3) is 0 Å². The van der Waals surface area contributed by atoms with Crippen molar-refractivity contribution in [2.75, 3.05) is 24.6 Å². The van der Waals surface area contributed by atoms with Crippen LogP contribution in [0.1, 0.15) is 37.3 Å². The molecule has 1 amide bonds. The summed E-state index contributed by atoms with van der Waals surface area (Å²) in [5, 5.41) is 2.88. The van der Waals surface area contributed by atoms with E-state index in [0.29, 0.717) is 6.42 Å².